The summed E-state index contributed by atoms with van der Waals surface area (Å²) in [5, 5.41) is 3.52. The van der Waals surface area contributed by atoms with Gasteiger partial charge in [-0.3, -0.25) is 0 Å². The Kier molecular flexibility index (Phi) is 4.14. The highest BCUT2D eigenvalue weighted by atomic mass is 15.2. The van der Waals surface area contributed by atoms with E-state index >= 15 is 0 Å². The lowest BCUT2D eigenvalue weighted by Crippen LogP contribution is -2.29. The predicted octanol–water partition coefficient (Wildman–Crippen LogP) is 5.75. The second-order valence-electron chi connectivity index (χ2n) is 8.61. The molecule has 2 aromatic carbocycles. The molecule has 136 valence electrons. The number of hydrogen-bond acceptors (Lipinski definition) is 3. The molecule has 4 rings (SSSR count). The summed E-state index contributed by atoms with van der Waals surface area (Å²) in [6, 6.07) is 16.7. The average molecular weight is 348 g/mol. The van der Waals surface area contributed by atoms with Crippen molar-refractivity contribution >= 4 is 28.4 Å². The number of fused-ring (bicyclic) bond motifs is 1. The Bertz CT molecular complexity index is 908. The zero-order valence-corrected chi connectivity index (χ0v) is 15.9. The second-order valence-corrected chi connectivity index (χ2v) is 8.61. The van der Waals surface area contributed by atoms with E-state index in [0.717, 1.165) is 22.8 Å². The van der Waals surface area contributed by atoms with Crippen molar-refractivity contribution in [2.75, 3.05) is 11.1 Å². The van der Waals surface area contributed by atoms with E-state index in [2.05, 4.69) is 54.9 Å². The second kappa shape index (κ2) is 6.35. The van der Waals surface area contributed by atoms with Crippen molar-refractivity contribution in [1.82, 2.24) is 9.55 Å². The molecule has 0 saturated heterocycles. The summed E-state index contributed by atoms with van der Waals surface area (Å²) >= 11 is 0. The highest BCUT2D eigenvalue weighted by molar-refractivity contribution is 5.80. The van der Waals surface area contributed by atoms with Crippen LogP contribution in [0.3, 0.4) is 0 Å². The molecule has 1 aliphatic carbocycles. The summed E-state index contributed by atoms with van der Waals surface area (Å²) in [6.45, 7) is 7.16. The van der Waals surface area contributed by atoms with E-state index in [1.165, 1.54) is 24.8 Å². The molecular formula is C22H28N4. The van der Waals surface area contributed by atoms with E-state index in [4.69, 9.17) is 10.7 Å². The molecule has 0 aliphatic heterocycles. The molecule has 1 heterocycles. The first-order valence-corrected chi connectivity index (χ1v) is 9.51. The van der Waals surface area contributed by atoms with Crippen molar-refractivity contribution in [3.05, 3.63) is 48.5 Å². The van der Waals surface area contributed by atoms with Gasteiger partial charge in [-0.2, -0.15) is 0 Å². The summed E-state index contributed by atoms with van der Waals surface area (Å²) in [5.41, 5.74) is 10.2. The smallest absolute Gasteiger partial charge is 0.208 e. The molecule has 3 aromatic rings. The van der Waals surface area contributed by atoms with Gasteiger partial charge in [0.1, 0.15) is 0 Å². The number of rotatable bonds is 3. The van der Waals surface area contributed by atoms with Gasteiger partial charge < -0.3 is 15.6 Å². The summed E-state index contributed by atoms with van der Waals surface area (Å²) in [5.74, 6) is 1.64. The van der Waals surface area contributed by atoms with Crippen LogP contribution in [0.25, 0.3) is 11.0 Å². The van der Waals surface area contributed by atoms with Gasteiger partial charge in [0, 0.05) is 17.4 Å². The van der Waals surface area contributed by atoms with Gasteiger partial charge in [-0.25, -0.2) is 4.98 Å². The van der Waals surface area contributed by atoms with Crippen LogP contribution in [0.15, 0.2) is 48.5 Å². The Hall–Kier alpha value is -2.49. The van der Waals surface area contributed by atoms with Gasteiger partial charge in [0.15, 0.2) is 0 Å². The minimum absolute atomic E-state index is 0.353. The molecule has 2 unspecified atom stereocenters. The molecule has 1 aliphatic rings. The zero-order chi connectivity index (χ0) is 18.3. The molecule has 0 bridgehead atoms. The van der Waals surface area contributed by atoms with E-state index in [1.54, 1.807) is 0 Å². The number of imidazole rings is 1. The fraction of sp³-hybridized carbons (Fsp3) is 0.409. The molecule has 1 fully saturated rings. The maximum Gasteiger partial charge on any atom is 0.208 e. The molecule has 0 spiro atoms. The van der Waals surface area contributed by atoms with Gasteiger partial charge in [0.25, 0.3) is 0 Å². The van der Waals surface area contributed by atoms with Crippen molar-refractivity contribution in [2.45, 2.75) is 46.1 Å². The number of nitrogens with two attached hydrogens (primary N) is 1. The van der Waals surface area contributed by atoms with Gasteiger partial charge in [0.2, 0.25) is 5.95 Å². The van der Waals surface area contributed by atoms with Gasteiger partial charge in [-0.05, 0) is 67.0 Å². The normalized spacial score (nSPS) is 22.4. The van der Waals surface area contributed by atoms with Crippen LogP contribution < -0.4 is 11.1 Å². The Morgan fingerprint density at radius 3 is 2.54 bits per heavy atom. The van der Waals surface area contributed by atoms with Gasteiger partial charge in [0.05, 0.1) is 11.0 Å². The van der Waals surface area contributed by atoms with Crippen LogP contribution in [0, 0.1) is 11.3 Å². The Labute approximate surface area is 155 Å². The van der Waals surface area contributed by atoms with Crippen molar-refractivity contribution in [3.63, 3.8) is 0 Å². The highest BCUT2D eigenvalue weighted by Gasteiger charge is 2.34. The van der Waals surface area contributed by atoms with Crippen molar-refractivity contribution in [3.8, 4) is 0 Å². The van der Waals surface area contributed by atoms with Crippen LogP contribution in [0.4, 0.5) is 17.3 Å². The van der Waals surface area contributed by atoms with E-state index in [-0.39, 0.29) is 0 Å². The fourth-order valence-corrected chi connectivity index (χ4v) is 4.69. The Balaban J connectivity index is 1.77. The van der Waals surface area contributed by atoms with E-state index in [9.17, 15) is 0 Å². The predicted molar refractivity (Wildman–Crippen MR) is 110 cm³/mol. The first-order chi connectivity index (χ1) is 12.4. The summed E-state index contributed by atoms with van der Waals surface area (Å²) in [7, 11) is 0. The molecule has 1 saturated carbocycles. The number of para-hydroxylation sites is 2. The number of benzene rings is 2. The largest absolute Gasteiger partial charge is 0.399 e. The maximum absolute atomic E-state index is 5.82. The van der Waals surface area contributed by atoms with Gasteiger partial charge in [-0.1, -0.05) is 32.9 Å². The first kappa shape index (κ1) is 17.0. The van der Waals surface area contributed by atoms with Crippen LogP contribution in [0.1, 0.15) is 46.1 Å². The molecule has 0 radical (unpaired) electrons. The number of anilines is 3. The lowest BCUT2D eigenvalue weighted by molar-refractivity contribution is 0.140. The Morgan fingerprint density at radius 1 is 1.08 bits per heavy atom. The third-order valence-corrected chi connectivity index (χ3v) is 5.49. The third-order valence-electron chi connectivity index (χ3n) is 5.49. The van der Waals surface area contributed by atoms with E-state index in [1.807, 2.05) is 24.3 Å². The Morgan fingerprint density at radius 2 is 1.81 bits per heavy atom. The lowest BCUT2D eigenvalue weighted by atomic mass is 9.70. The standard InChI is InChI=1S/C22H28N4/c1-15-12-18(14-22(2,3)13-15)26-20-7-5-4-6-19(20)25-21(26)24-17-10-8-16(23)9-11-17/h4-11,15,18H,12-14,23H2,1-3H3,(H,24,25). The summed E-state index contributed by atoms with van der Waals surface area (Å²) < 4.78 is 2.42. The zero-order valence-electron chi connectivity index (χ0n) is 15.9. The molecule has 1 aromatic heterocycles. The third kappa shape index (κ3) is 3.28. The van der Waals surface area contributed by atoms with Crippen LogP contribution in [0.2, 0.25) is 0 Å². The topological polar surface area (TPSA) is 55.9 Å². The quantitative estimate of drug-likeness (QED) is 0.593. The lowest BCUT2D eigenvalue weighted by Gasteiger charge is -2.40. The SMILES string of the molecule is CC1CC(n2c(Nc3ccc(N)cc3)nc3ccccc32)CC(C)(C)C1. The van der Waals surface area contributed by atoms with Gasteiger partial charge >= 0.3 is 0 Å². The van der Waals surface area contributed by atoms with Crippen LogP contribution in [-0.4, -0.2) is 9.55 Å². The molecule has 4 heteroatoms. The summed E-state index contributed by atoms with van der Waals surface area (Å²) in [6.07, 6.45) is 3.66. The van der Waals surface area contributed by atoms with Crippen LogP contribution >= 0.6 is 0 Å². The number of hydrogen-bond donors (Lipinski definition) is 2. The number of nitrogens with zero attached hydrogens (tertiary/aromatic N) is 2. The molecule has 0 amide bonds. The van der Waals surface area contributed by atoms with Crippen molar-refractivity contribution < 1.29 is 0 Å². The fourth-order valence-electron chi connectivity index (χ4n) is 4.69. The maximum atomic E-state index is 5.82. The molecule has 26 heavy (non-hydrogen) atoms. The molecular weight excluding hydrogens is 320 g/mol. The van der Waals surface area contributed by atoms with Crippen LogP contribution in [0.5, 0.6) is 0 Å². The van der Waals surface area contributed by atoms with Crippen LogP contribution in [-0.2, 0) is 0 Å². The highest BCUT2D eigenvalue weighted by Crippen LogP contribution is 2.45. The number of aromatic nitrogens is 2. The van der Waals surface area contributed by atoms with Crippen molar-refractivity contribution in [1.29, 1.82) is 0 Å². The monoisotopic (exact) mass is 348 g/mol. The number of nitrogen functional groups attached to an aromatic ring is 1. The first-order valence-electron chi connectivity index (χ1n) is 9.51. The minimum atomic E-state index is 0.353. The van der Waals surface area contributed by atoms with Crippen molar-refractivity contribution in [2.24, 2.45) is 11.3 Å². The number of nitrogens with one attached hydrogen (secondary N) is 1. The molecule has 2 atom stereocenters. The van der Waals surface area contributed by atoms with E-state index < -0.39 is 0 Å². The molecule has 3 N–H and O–H groups in total. The van der Waals surface area contributed by atoms with E-state index in [0.29, 0.717) is 17.4 Å². The average Bonchev–Trinajstić information content (AvgIpc) is 2.93. The summed E-state index contributed by atoms with van der Waals surface area (Å²) in [4.78, 5) is 4.90. The minimum Gasteiger partial charge on any atom is -0.399 e. The molecule has 4 nitrogen and oxygen atoms in total. The van der Waals surface area contributed by atoms with Gasteiger partial charge in [-0.15, -0.1) is 0 Å².